The van der Waals surface area contributed by atoms with Gasteiger partial charge in [-0.2, -0.15) is 0 Å². The van der Waals surface area contributed by atoms with E-state index >= 15 is 0 Å². The number of aromatic nitrogens is 1. The third-order valence-electron chi connectivity index (χ3n) is 9.47. The molecule has 0 atom stereocenters. The van der Waals surface area contributed by atoms with Crippen LogP contribution in [0.3, 0.4) is 0 Å². The van der Waals surface area contributed by atoms with Crippen LogP contribution in [0.5, 0.6) is 0 Å². The molecule has 0 aliphatic heterocycles. The fourth-order valence-corrected chi connectivity index (χ4v) is 8.26. The van der Waals surface area contributed by atoms with Crippen LogP contribution in [0.15, 0.2) is 174 Å². The average molecular weight is 645 g/mol. The lowest BCUT2D eigenvalue weighted by Gasteiger charge is -2.26. The van der Waals surface area contributed by atoms with E-state index in [1.54, 1.807) is 0 Å². The number of nitrogens with zero attached hydrogens (tertiary/aromatic N) is 2. The third kappa shape index (κ3) is 4.68. The van der Waals surface area contributed by atoms with Gasteiger partial charge in [0.25, 0.3) is 0 Å². The van der Waals surface area contributed by atoms with Gasteiger partial charge in [-0.25, -0.2) is 4.98 Å². The quantitative estimate of drug-likeness (QED) is 0.175. The summed E-state index contributed by atoms with van der Waals surface area (Å²) in [6, 6.07) is 60.5. The fourth-order valence-electron chi connectivity index (χ4n) is 7.12. The van der Waals surface area contributed by atoms with Gasteiger partial charge in [-0.05, 0) is 94.0 Å². The van der Waals surface area contributed by atoms with Crippen molar-refractivity contribution in [2.45, 2.75) is 0 Å². The summed E-state index contributed by atoms with van der Waals surface area (Å²) in [6.45, 7) is 0. The Hall–Kier alpha value is -6.23. The largest absolute Gasteiger partial charge is 0.436 e. The number of hydrogen-bond donors (Lipinski definition) is 0. The highest BCUT2D eigenvalue weighted by Gasteiger charge is 2.18. The van der Waals surface area contributed by atoms with Crippen LogP contribution in [-0.2, 0) is 0 Å². The summed E-state index contributed by atoms with van der Waals surface area (Å²) in [4.78, 5) is 7.32. The van der Waals surface area contributed by atoms with Crippen molar-refractivity contribution in [2.75, 3.05) is 4.90 Å². The summed E-state index contributed by atoms with van der Waals surface area (Å²) in [7, 11) is 0. The van der Waals surface area contributed by atoms with E-state index in [0.29, 0.717) is 5.89 Å². The lowest BCUT2D eigenvalue weighted by Crippen LogP contribution is -2.10. The third-order valence-corrected chi connectivity index (χ3v) is 10.6. The summed E-state index contributed by atoms with van der Waals surface area (Å²) in [5.41, 5.74) is 8.38. The van der Waals surface area contributed by atoms with E-state index in [-0.39, 0.29) is 0 Å². The van der Waals surface area contributed by atoms with Gasteiger partial charge < -0.3 is 9.32 Å². The van der Waals surface area contributed by atoms with Crippen molar-refractivity contribution in [3.8, 4) is 22.6 Å². The average Bonchev–Trinajstić information content (AvgIpc) is 3.78. The smallest absolute Gasteiger partial charge is 0.227 e. The van der Waals surface area contributed by atoms with E-state index in [0.717, 1.165) is 44.5 Å². The zero-order chi connectivity index (χ0) is 32.3. The van der Waals surface area contributed by atoms with Gasteiger partial charge in [-0.15, -0.1) is 11.3 Å². The van der Waals surface area contributed by atoms with Crippen LogP contribution in [0.4, 0.5) is 17.1 Å². The first-order valence-corrected chi connectivity index (χ1v) is 17.3. The SMILES string of the molecule is c1ccc(-c2cccc(N(c3ccc4c(ccc5c4ccc4oc(-c6ccccc6)nc45)c3)c3ccc4c(c3)sc3ccccc34)c2)cc1. The molecule has 3 nitrogen and oxygen atoms in total. The van der Waals surface area contributed by atoms with Crippen molar-refractivity contribution in [1.82, 2.24) is 4.98 Å². The molecule has 8 aromatic carbocycles. The van der Waals surface area contributed by atoms with Gasteiger partial charge in [0.15, 0.2) is 5.58 Å². The molecule has 0 aliphatic rings. The number of oxazole rings is 1. The number of hydrogen-bond acceptors (Lipinski definition) is 4. The van der Waals surface area contributed by atoms with E-state index in [9.17, 15) is 0 Å². The first kappa shape index (κ1) is 27.8. The van der Waals surface area contributed by atoms with Crippen LogP contribution in [0.25, 0.3) is 75.4 Å². The van der Waals surface area contributed by atoms with Gasteiger partial charge in [0, 0.05) is 48.2 Å². The first-order chi connectivity index (χ1) is 24.3. The Bertz CT molecular complexity index is 2840. The number of fused-ring (bicyclic) bond motifs is 8. The second-order valence-electron chi connectivity index (χ2n) is 12.4. The second kappa shape index (κ2) is 11.2. The Kier molecular flexibility index (Phi) is 6.36. The minimum Gasteiger partial charge on any atom is -0.436 e. The van der Waals surface area contributed by atoms with Crippen molar-refractivity contribution in [1.29, 1.82) is 0 Å². The lowest BCUT2D eigenvalue weighted by atomic mass is 10.00. The summed E-state index contributed by atoms with van der Waals surface area (Å²) < 4.78 is 8.78. The Morgan fingerprint density at radius 2 is 1.08 bits per heavy atom. The van der Waals surface area contributed by atoms with Gasteiger partial charge in [0.1, 0.15) is 5.52 Å². The van der Waals surface area contributed by atoms with Gasteiger partial charge in [0.05, 0.1) is 0 Å². The molecular weight excluding hydrogens is 617 g/mol. The highest BCUT2D eigenvalue weighted by atomic mass is 32.1. The van der Waals surface area contributed by atoms with Crippen LogP contribution in [0.2, 0.25) is 0 Å². The summed E-state index contributed by atoms with van der Waals surface area (Å²) in [5, 5.41) is 7.21. The predicted octanol–water partition coefficient (Wildman–Crippen LogP) is 13.3. The Morgan fingerprint density at radius 3 is 1.94 bits per heavy atom. The van der Waals surface area contributed by atoms with Gasteiger partial charge in [0.2, 0.25) is 5.89 Å². The molecule has 2 heterocycles. The maximum absolute atomic E-state index is 6.20. The van der Waals surface area contributed by atoms with Crippen molar-refractivity contribution < 1.29 is 4.42 Å². The topological polar surface area (TPSA) is 29.3 Å². The molecule has 0 unspecified atom stereocenters. The molecule has 2 aromatic heterocycles. The molecule has 230 valence electrons. The monoisotopic (exact) mass is 644 g/mol. The molecule has 4 heteroatoms. The van der Waals surface area contributed by atoms with Crippen LogP contribution in [-0.4, -0.2) is 4.98 Å². The van der Waals surface area contributed by atoms with Crippen molar-refractivity contribution in [3.63, 3.8) is 0 Å². The standard InChI is InChI=1S/C45H28N2OS/c1-3-10-29(11-4-1)31-14-9-15-33(26-31)47(35-20-23-39-38-16-7-8-17-42(38)49-43(39)28-35)34-19-22-36-32(27-34)18-21-40-37(36)24-25-41-44(40)46-45(48-41)30-12-5-2-6-13-30/h1-28H. The molecular formula is C45H28N2OS. The fraction of sp³-hybridized carbons (Fsp3) is 0. The van der Waals surface area contributed by atoms with Crippen LogP contribution >= 0.6 is 11.3 Å². The number of thiophene rings is 1. The minimum absolute atomic E-state index is 0.641. The molecule has 0 fully saturated rings. The normalized spacial score (nSPS) is 11.7. The summed E-state index contributed by atoms with van der Waals surface area (Å²) in [5.74, 6) is 0.641. The van der Waals surface area contributed by atoms with E-state index in [1.807, 2.05) is 47.7 Å². The molecule has 0 radical (unpaired) electrons. The summed E-state index contributed by atoms with van der Waals surface area (Å²) >= 11 is 1.85. The minimum atomic E-state index is 0.641. The Morgan fingerprint density at radius 1 is 0.429 bits per heavy atom. The van der Waals surface area contributed by atoms with E-state index < -0.39 is 0 Å². The molecule has 0 N–H and O–H groups in total. The van der Waals surface area contributed by atoms with Crippen molar-refractivity contribution >= 4 is 81.2 Å². The molecule has 0 spiro atoms. The number of rotatable bonds is 5. The molecule has 0 amide bonds. The molecule has 0 saturated heterocycles. The highest BCUT2D eigenvalue weighted by Crippen LogP contribution is 2.43. The van der Waals surface area contributed by atoms with Crippen LogP contribution in [0.1, 0.15) is 0 Å². The molecule has 0 aliphatic carbocycles. The molecule has 10 rings (SSSR count). The number of anilines is 3. The van der Waals surface area contributed by atoms with Gasteiger partial charge in [-0.3, -0.25) is 0 Å². The summed E-state index contributed by atoms with van der Waals surface area (Å²) in [6.07, 6.45) is 0. The van der Waals surface area contributed by atoms with Crippen molar-refractivity contribution in [2.24, 2.45) is 0 Å². The Labute approximate surface area is 286 Å². The van der Waals surface area contributed by atoms with Gasteiger partial charge in [-0.1, -0.05) is 103 Å². The predicted molar refractivity (Wildman–Crippen MR) is 207 cm³/mol. The first-order valence-electron chi connectivity index (χ1n) is 16.5. The lowest BCUT2D eigenvalue weighted by molar-refractivity contribution is 0.620. The maximum Gasteiger partial charge on any atom is 0.227 e. The van der Waals surface area contributed by atoms with E-state index in [2.05, 4.69) is 138 Å². The zero-order valence-electron chi connectivity index (χ0n) is 26.4. The van der Waals surface area contributed by atoms with Gasteiger partial charge >= 0.3 is 0 Å². The zero-order valence-corrected chi connectivity index (χ0v) is 27.2. The maximum atomic E-state index is 6.20. The van der Waals surface area contributed by atoms with Crippen molar-refractivity contribution in [3.05, 3.63) is 170 Å². The van der Waals surface area contributed by atoms with Crippen LogP contribution in [0, 0.1) is 0 Å². The highest BCUT2D eigenvalue weighted by molar-refractivity contribution is 7.25. The molecule has 0 bridgehead atoms. The van der Waals surface area contributed by atoms with E-state index in [1.165, 1.54) is 42.1 Å². The molecule has 0 saturated carbocycles. The molecule has 49 heavy (non-hydrogen) atoms. The molecule has 10 aromatic rings. The van der Waals surface area contributed by atoms with Crippen LogP contribution < -0.4 is 4.90 Å². The number of benzene rings is 8. The van der Waals surface area contributed by atoms with E-state index in [4.69, 9.17) is 9.40 Å². The second-order valence-corrected chi connectivity index (χ2v) is 13.5. The Balaban J connectivity index is 1.14.